The number of fused-ring (bicyclic) bond motifs is 1. The van der Waals surface area contributed by atoms with E-state index in [4.69, 9.17) is 10.5 Å². The van der Waals surface area contributed by atoms with Crippen molar-refractivity contribution in [2.24, 2.45) is 0 Å². The molecule has 0 amide bonds. The van der Waals surface area contributed by atoms with Crippen LogP contribution in [0.3, 0.4) is 0 Å². The van der Waals surface area contributed by atoms with E-state index in [1.165, 1.54) is 49.9 Å². The van der Waals surface area contributed by atoms with Gasteiger partial charge in [-0.15, -0.1) is 0 Å². The average molecular weight is 425 g/mol. The van der Waals surface area contributed by atoms with Crippen molar-refractivity contribution < 1.29 is 4.74 Å². The van der Waals surface area contributed by atoms with Crippen molar-refractivity contribution in [1.82, 2.24) is 19.9 Å². The van der Waals surface area contributed by atoms with Crippen LogP contribution >= 0.6 is 11.3 Å². The molecule has 0 spiro atoms. The minimum atomic E-state index is 0.533. The molecule has 0 unspecified atom stereocenters. The average Bonchev–Trinajstić information content (AvgIpc) is 2.97. The summed E-state index contributed by atoms with van der Waals surface area (Å²) in [6, 6.07) is 8.54. The minimum Gasteiger partial charge on any atom is -0.437 e. The molecule has 5 rings (SSSR count). The molecule has 2 aliphatic rings. The Labute approximate surface area is 180 Å². The number of piperazine rings is 1. The molecular formula is C22H28N6OS. The van der Waals surface area contributed by atoms with Crippen molar-refractivity contribution in [2.45, 2.75) is 44.6 Å². The smallest absolute Gasteiger partial charge is 0.224 e. The van der Waals surface area contributed by atoms with Gasteiger partial charge in [-0.3, -0.25) is 4.90 Å². The maximum absolute atomic E-state index is 6.07. The Balaban J connectivity index is 1.26. The molecule has 30 heavy (non-hydrogen) atoms. The quantitative estimate of drug-likeness (QED) is 0.625. The monoisotopic (exact) mass is 424 g/mol. The van der Waals surface area contributed by atoms with Gasteiger partial charge in [0.15, 0.2) is 10.9 Å². The Morgan fingerprint density at radius 1 is 1.00 bits per heavy atom. The van der Waals surface area contributed by atoms with Crippen LogP contribution in [-0.2, 0) is 0 Å². The van der Waals surface area contributed by atoms with E-state index < -0.39 is 0 Å². The first-order valence-electron chi connectivity index (χ1n) is 10.9. The summed E-state index contributed by atoms with van der Waals surface area (Å²) in [4.78, 5) is 18.2. The summed E-state index contributed by atoms with van der Waals surface area (Å²) in [6.07, 6.45) is 9.88. The standard InChI is InChI=1S/C22H28N6OS/c23-22-26-21-17(8-5-9-18(21)30-22)29-20-14-19(24-15-25-20)28-12-10-27(11-13-28)16-6-3-1-2-4-7-16/h5,8-9,14-16H,1-4,6-7,10-13H2,(H2,23,26). The number of nitrogens with two attached hydrogens (primary N) is 1. The van der Waals surface area contributed by atoms with Crippen LogP contribution in [0.25, 0.3) is 10.2 Å². The number of thiazole rings is 1. The molecule has 0 bridgehead atoms. The Kier molecular flexibility index (Phi) is 5.68. The fourth-order valence-corrected chi connectivity index (χ4v) is 5.38. The largest absolute Gasteiger partial charge is 0.437 e. The van der Waals surface area contributed by atoms with Gasteiger partial charge < -0.3 is 15.4 Å². The SMILES string of the molecule is Nc1nc2c(Oc3cc(N4CCN(C5CCCCCC5)CC4)ncn3)cccc2s1. The zero-order valence-electron chi connectivity index (χ0n) is 17.2. The number of hydrogen-bond donors (Lipinski definition) is 1. The molecule has 1 aliphatic carbocycles. The van der Waals surface area contributed by atoms with E-state index in [2.05, 4.69) is 24.8 Å². The Hall–Kier alpha value is -2.45. The molecule has 1 saturated carbocycles. The third-order valence-corrected chi connectivity index (χ3v) is 7.07. The van der Waals surface area contributed by atoms with Gasteiger partial charge in [-0.1, -0.05) is 43.1 Å². The molecule has 0 atom stereocenters. The first-order valence-corrected chi connectivity index (χ1v) is 11.7. The van der Waals surface area contributed by atoms with Gasteiger partial charge >= 0.3 is 0 Å². The fourth-order valence-electron chi connectivity index (χ4n) is 4.63. The Morgan fingerprint density at radius 2 is 1.80 bits per heavy atom. The van der Waals surface area contributed by atoms with Crippen LogP contribution in [0.1, 0.15) is 38.5 Å². The zero-order chi connectivity index (χ0) is 20.3. The van der Waals surface area contributed by atoms with Crippen molar-refractivity contribution >= 4 is 32.5 Å². The van der Waals surface area contributed by atoms with Gasteiger partial charge in [-0.25, -0.2) is 15.0 Å². The van der Waals surface area contributed by atoms with Crippen molar-refractivity contribution in [1.29, 1.82) is 0 Å². The minimum absolute atomic E-state index is 0.533. The lowest BCUT2D eigenvalue weighted by atomic mass is 10.1. The second-order valence-corrected chi connectivity index (χ2v) is 9.20. The summed E-state index contributed by atoms with van der Waals surface area (Å²) in [5.41, 5.74) is 6.64. The molecule has 3 aromatic rings. The molecule has 1 aromatic carbocycles. The number of para-hydroxylation sites is 1. The number of rotatable bonds is 4. The van der Waals surface area contributed by atoms with Gasteiger partial charge in [0.05, 0.1) is 4.70 Å². The summed E-state index contributed by atoms with van der Waals surface area (Å²) in [6.45, 7) is 4.18. The molecular weight excluding hydrogens is 396 g/mol. The topological polar surface area (TPSA) is 80.4 Å². The molecule has 1 saturated heterocycles. The van der Waals surface area contributed by atoms with Crippen molar-refractivity contribution in [2.75, 3.05) is 36.8 Å². The van der Waals surface area contributed by atoms with Crippen LogP contribution in [0, 0.1) is 0 Å². The van der Waals surface area contributed by atoms with Gasteiger partial charge in [0.25, 0.3) is 0 Å². The number of anilines is 2. The Bertz CT molecular complexity index is 992. The van der Waals surface area contributed by atoms with E-state index in [0.29, 0.717) is 16.8 Å². The lowest BCUT2D eigenvalue weighted by molar-refractivity contribution is 0.169. The Morgan fingerprint density at radius 3 is 2.60 bits per heavy atom. The molecule has 2 N–H and O–H groups in total. The van der Waals surface area contributed by atoms with Crippen molar-refractivity contribution in [3.63, 3.8) is 0 Å². The molecule has 8 heteroatoms. The number of nitrogen functional groups attached to an aromatic ring is 1. The van der Waals surface area contributed by atoms with Crippen molar-refractivity contribution in [3.05, 3.63) is 30.6 Å². The predicted octanol–water partition coefficient (Wildman–Crippen LogP) is 4.31. The molecule has 0 radical (unpaired) electrons. The second-order valence-electron chi connectivity index (χ2n) is 8.14. The molecule has 2 aromatic heterocycles. The van der Waals surface area contributed by atoms with E-state index in [0.717, 1.165) is 48.3 Å². The molecule has 2 fully saturated rings. The third kappa shape index (κ3) is 4.20. The summed E-state index contributed by atoms with van der Waals surface area (Å²) in [5, 5.41) is 0.538. The summed E-state index contributed by atoms with van der Waals surface area (Å²) in [7, 11) is 0. The summed E-state index contributed by atoms with van der Waals surface area (Å²) in [5.74, 6) is 2.12. The molecule has 3 heterocycles. The van der Waals surface area contributed by atoms with Crippen LogP contribution in [0.2, 0.25) is 0 Å². The van der Waals surface area contributed by atoms with Gasteiger partial charge in [-0.2, -0.15) is 0 Å². The van der Waals surface area contributed by atoms with Crippen LogP contribution < -0.4 is 15.4 Å². The zero-order valence-corrected chi connectivity index (χ0v) is 18.0. The second kappa shape index (κ2) is 8.73. The lowest BCUT2D eigenvalue weighted by Gasteiger charge is -2.39. The van der Waals surface area contributed by atoms with E-state index in [-0.39, 0.29) is 0 Å². The number of benzene rings is 1. The van der Waals surface area contributed by atoms with E-state index in [1.54, 1.807) is 6.33 Å². The highest BCUT2D eigenvalue weighted by Gasteiger charge is 2.25. The van der Waals surface area contributed by atoms with Gasteiger partial charge in [0, 0.05) is 38.3 Å². The maximum atomic E-state index is 6.07. The lowest BCUT2D eigenvalue weighted by Crippen LogP contribution is -2.50. The van der Waals surface area contributed by atoms with Crippen LogP contribution in [-0.4, -0.2) is 52.1 Å². The first kappa shape index (κ1) is 19.5. The maximum Gasteiger partial charge on any atom is 0.224 e. The third-order valence-electron chi connectivity index (χ3n) is 6.22. The fraction of sp³-hybridized carbons (Fsp3) is 0.500. The highest BCUT2D eigenvalue weighted by Crippen LogP contribution is 2.33. The van der Waals surface area contributed by atoms with Gasteiger partial charge in [-0.05, 0) is 25.0 Å². The van der Waals surface area contributed by atoms with Gasteiger partial charge in [0.1, 0.15) is 17.7 Å². The molecule has 158 valence electrons. The van der Waals surface area contributed by atoms with Crippen LogP contribution in [0.4, 0.5) is 10.9 Å². The predicted molar refractivity (Wildman–Crippen MR) is 121 cm³/mol. The highest BCUT2D eigenvalue weighted by molar-refractivity contribution is 7.22. The molecule has 7 nitrogen and oxygen atoms in total. The first-order chi connectivity index (χ1) is 14.8. The number of nitrogens with zero attached hydrogens (tertiary/aromatic N) is 5. The van der Waals surface area contributed by atoms with Crippen LogP contribution in [0.15, 0.2) is 30.6 Å². The normalized spacial score (nSPS) is 19.1. The summed E-state index contributed by atoms with van der Waals surface area (Å²) >= 11 is 1.46. The highest BCUT2D eigenvalue weighted by atomic mass is 32.1. The van der Waals surface area contributed by atoms with E-state index in [1.807, 2.05) is 24.3 Å². The number of hydrogen-bond acceptors (Lipinski definition) is 8. The van der Waals surface area contributed by atoms with E-state index >= 15 is 0 Å². The van der Waals surface area contributed by atoms with Crippen molar-refractivity contribution in [3.8, 4) is 11.6 Å². The number of aromatic nitrogens is 3. The van der Waals surface area contributed by atoms with Crippen LogP contribution in [0.5, 0.6) is 11.6 Å². The van der Waals surface area contributed by atoms with E-state index in [9.17, 15) is 0 Å². The summed E-state index contributed by atoms with van der Waals surface area (Å²) < 4.78 is 7.08. The van der Waals surface area contributed by atoms with Gasteiger partial charge in [0.2, 0.25) is 5.88 Å². The number of ether oxygens (including phenoxy) is 1. The molecule has 1 aliphatic heterocycles.